The molecule has 4 atom stereocenters. The molecule has 0 aromatic heterocycles. The van der Waals surface area contributed by atoms with Crippen LogP contribution in [0.3, 0.4) is 0 Å². The number of piperidine rings is 3. The van der Waals surface area contributed by atoms with Gasteiger partial charge in [0.05, 0.1) is 6.61 Å². The van der Waals surface area contributed by atoms with Crippen LogP contribution in [0.15, 0.2) is 127 Å². The van der Waals surface area contributed by atoms with Crippen molar-refractivity contribution in [2.24, 2.45) is 11.8 Å². The minimum absolute atomic E-state index is 0.00423. The van der Waals surface area contributed by atoms with Crippen molar-refractivity contribution in [3.05, 3.63) is 139 Å². The molecule has 2 nitrogen and oxygen atoms in total. The third-order valence-corrected chi connectivity index (χ3v) is 14.4. The van der Waals surface area contributed by atoms with E-state index in [0.29, 0.717) is 17.9 Å². The first kappa shape index (κ1) is 27.9. The van der Waals surface area contributed by atoms with Crippen LogP contribution in [0.2, 0.25) is 5.04 Å². The summed E-state index contributed by atoms with van der Waals surface area (Å²) in [6, 6.07) is 44.4. The first-order chi connectivity index (χ1) is 20.0. The Balaban J connectivity index is 1.27. The molecule has 2 bridgehead atoms. The molecule has 7 rings (SSSR count). The van der Waals surface area contributed by atoms with Crippen molar-refractivity contribution in [1.29, 1.82) is 0 Å². The van der Waals surface area contributed by atoms with Gasteiger partial charge in [0.15, 0.2) is 0 Å². The average Bonchev–Trinajstić information content (AvgIpc) is 3.02. The normalized spacial score (nSPS) is 22.3. The van der Waals surface area contributed by atoms with E-state index in [2.05, 4.69) is 153 Å². The molecule has 0 N–H and O–H groups in total. The SMILES string of the molecule is CC(C)(C)[Si](OC[C@@H]1C[C@H]2CCN1C[C@@H]2C=C(c1ccccc1)c1ccccc1)(c1ccccc1)c1ccccc1. The fourth-order valence-electron chi connectivity index (χ4n) is 7.33. The second kappa shape index (κ2) is 11.9. The lowest BCUT2D eigenvalue weighted by Crippen LogP contribution is -2.68. The molecule has 3 aliphatic rings. The summed E-state index contributed by atoms with van der Waals surface area (Å²) < 4.78 is 7.40. The van der Waals surface area contributed by atoms with E-state index >= 15 is 0 Å². The predicted octanol–water partition coefficient (Wildman–Crippen LogP) is 7.41. The molecule has 3 fully saturated rings. The Morgan fingerprint density at radius 1 is 0.756 bits per heavy atom. The van der Waals surface area contributed by atoms with Crippen LogP contribution in [0.25, 0.3) is 5.57 Å². The summed E-state index contributed by atoms with van der Waals surface area (Å²) in [5.41, 5.74) is 3.98. The van der Waals surface area contributed by atoms with E-state index in [0.717, 1.165) is 13.2 Å². The van der Waals surface area contributed by atoms with E-state index in [4.69, 9.17) is 4.43 Å². The summed E-state index contributed by atoms with van der Waals surface area (Å²) >= 11 is 0. The maximum absolute atomic E-state index is 7.40. The van der Waals surface area contributed by atoms with Crippen molar-refractivity contribution >= 4 is 24.3 Å². The molecule has 3 aliphatic heterocycles. The standard InChI is InChI=1S/C38H43NOSi/c1-38(2,3)41(35-20-12-6-13-21-35,36-22-14-7-15-23-36)40-29-34-26-32-24-25-39(34)28-33(32)27-37(30-16-8-4-9-17-30)31-18-10-5-11-19-31/h4-23,27,32-34H,24-26,28-29H2,1-3H3/t32-,33+,34+/m1/s1. The van der Waals surface area contributed by atoms with E-state index < -0.39 is 8.32 Å². The van der Waals surface area contributed by atoms with Gasteiger partial charge in [-0.25, -0.2) is 0 Å². The Kier molecular flexibility index (Phi) is 8.12. The minimum Gasteiger partial charge on any atom is -0.406 e. The van der Waals surface area contributed by atoms with Crippen LogP contribution in [-0.2, 0) is 4.43 Å². The number of benzene rings is 4. The van der Waals surface area contributed by atoms with Crippen molar-refractivity contribution in [2.75, 3.05) is 19.7 Å². The monoisotopic (exact) mass is 557 g/mol. The summed E-state index contributed by atoms with van der Waals surface area (Å²) in [6.07, 6.45) is 5.06. The zero-order valence-corrected chi connectivity index (χ0v) is 25.7. The highest BCUT2D eigenvalue weighted by Gasteiger charge is 2.51. The number of nitrogens with zero attached hydrogens (tertiary/aromatic N) is 1. The highest BCUT2D eigenvalue weighted by atomic mass is 28.4. The van der Waals surface area contributed by atoms with Gasteiger partial charge in [0.1, 0.15) is 0 Å². The summed E-state index contributed by atoms with van der Waals surface area (Å²) in [6.45, 7) is 10.2. The van der Waals surface area contributed by atoms with Crippen molar-refractivity contribution in [1.82, 2.24) is 4.90 Å². The van der Waals surface area contributed by atoms with E-state index in [1.807, 2.05) is 0 Å². The van der Waals surface area contributed by atoms with Crippen molar-refractivity contribution in [2.45, 2.75) is 44.7 Å². The van der Waals surface area contributed by atoms with Gasteiger partial charge in [-0.05, 0) is 63.3 Å². The van der Waals surface area contributed by atoms with Crippen LogP contribution in [0, 0.1) is 11.8 Å². The number of fused-ring (bicyclic) bond motifs is 3. The third kappa shape index (κ3) is 5.64. The summed E-state index contributed by atoms with van der Waals surface area (Å²) in [5, 5.41) is 2.74. The summed E-state index contributed by atoms with van der Waals surface area (Å²) in [7, 11) is -2.53. The zero-order valence-electron chi connectivity index (χ0n) is 24.7. The van der Waals surface area contributed by atoms with Gasteiger partial charge in [-0.2, -0.15) is 0 Å². The zero-order chi connectivity index (χ0) is 28.3. The molecular formula is C38H43NOSi. The van der Waals surface area contributed by atoms with Crippen LogP contribution in [0.5, 0.6) is 0 Å². The van der Waals surface area contributed by atoms with Gasteiger partial charge >= 0.3 is 0 Å². The molecule has 0 saturated carbocycles. The van der Waals surface area contributed by atoms with Gasteiger partial charge in [0.2, 0.25) is 0 Å². The molecular weight excluding hydrogens is 515 g/mol. The fraction of sp³-hybridized carbons (Fsp3) is 0.316. The van der Waals surface area contributed by atoms with Gasteiger partial charge in [0, 0.05) is 12.6 Å². The van der Waals surface area contributed by atoms with E-state index in [1.54, 1.807) is 0 Å². The minimum atomic E-state index is -2.53. The molecule has 4 aromatic carbocycles. The Labute approximate surface area is 247 Å². The largest absolute Gasteiger partial charge is 0.406 e. The van der Waals surface area contributed by atoms with Gasteiger partial charge in [0.25, 0.3) is 8.32 Å². The van der Waals surface area contributed by atoms with Gasteiger partial charge in [-0.15, -0.1) is 0 Å². The molecule has 3 saturated heterocycles. The first-order valence-corrected chi connectivity index (χ1v) is 17.2. The van der Waals surface area contributed by atoms with E-state index in [1.165, 1.54) is 46.5 Å². The van der Waals surface area contributed by atoms with Crippen molar-refractivity contribution in [3.8, 4) is 0 Å². The molecule has 0 aliphatic carbocycles. The van der Waals surface area contributed by atoms with E-state index in [9.17, 15) is 0 Å². The molecule has 210 valence electrons. The Morgan fingerprint density at radius 2 is 1.24 bits per heavy atom. The van der Waals surface area contributed by atoms with Crippen LogP contribution in [0.4, 0.5) is 0 Å². The number of hydrogen-bond acceptors (Lipinski definition) is 2. The van der Waals surface area contributed by atoms with Gasteiger partial charge < -0.3 is 4.43 Å². The Hall–Kier alpha value is -3.24. The van der Waals surface area contributed by atoms with E-state index in [-0.39, 0.29) is 5.04 Å². The first-order valence-electron chi connectivity index (χ1n) is 15.3. The van der Waals surface area contributed by atoms with Gasteiger partial charge in [-0.3, -0.25) is 4.90 Å². The number of hydrogen-bond donors (Lipinski definition) is 0. The van der Waals surface area contributed by atoms with Crippen molar-refractivity contribution in [3.63, 3.8) is 0 Å². The summed E-state index contributed by atoms with van der Waals surface area (Å²) in [4.78, 5) is 2.73. The number of rotatable bonds is 8. The van der Waals surface area contributed by atoms with Crippen LogP contribution < -0.4 is 10.4 Å². The highest BCUT2D eigenvalue weighted by molar-refractivity contribution is 6.99. The molecule has 41 heavy (non-hydrogen) atoms. The maximum Gasteiger partial charge on any atom is 0.261 e. The average molecular weight is 558 g/mol. The lowest BCUT2D eigenvalue weighted by Gasteiger charge is -2.51. The topological polar surface area (TPSA) is 12.5 Å². The Morgan fingerprint density at radius 3 is 1.68 bits per heavy atom. The fourth-order valence-corrected chi connectivity index (χ4v) is 11.9. The van der Waals surface area contributed by atoms with Gasteiger partial charge in [-0.1, -0.05) is 148 Å². The van der Waals surface area contributed by atoms with Crippen LogP contribution >= 0.6 is 0 Å². The van der Waals surface area contributed by atoms with Crippen LogP contribution in [-0.4, -0.2) is 39.0 Å². The quantitative estimate of drug-likeness (QED) is 0.209. The second-order valence-corrected chi connectivity index (χ2v) is 17.2. The molecule has 4 aromatic rings. The second-order valence-electron chi connectivity index (χ2n) is 12.9. The molecule has 1 unspecified atom stereocenters. The lowest BCUT2D eigenvalue weighted by atomic mass is 9.74. The highest BCUT2D eigenvalue weighted by Crippen LogP contribution is 2.41. The smallest absolute Gasteiger partial charge is 0.261 e. The van der Waals surface area contributed by atoms with Crippen LogP contribution in [0.1, 0.15) is 44.7 Å². The Bertz CT molecular complexity index is 1350. The maximum atomic E-state index is 7.40. The molecule has 0 spiro atoms. The third-order valence-electron chi connectivity index (χ3n) is 9.39. The molecule has 0 amide bonds. The van der Waals surface area contributed by atoms with Crippen molar-refractivity contribution < 1.29 is 4.43 Å². The molecule has 3 heteroatoms. The predicted molar refractivity (Wildman–Crippen MR) is 175 cm³/mol. The summed E-state index contributed by atoms with van der Waals surface area (Å²) in [5.74, 6) is 1.25. The molecule has 3 heterocycles. The molecule has 0 radical (unpaired) electrons. The lowest BCUT2D eigenvalue weighted by molar-refractivity contribution is -0.00314.